The van der Waals surface area contributed by atoms with Crippen LogP contribution in [0.15, 0.2) is 24.3 Å². The van der Waals surface area contributed by atoms with Crippen LogP contribution in [0, 0.1) is 0 Å². The van der Waals surface area contributed by atoms with E-state index in [2.05, 4.69) is 20.8 Å². The van der Waals surface area contributed by atoms with Crippen LogP contribution in [0.5, 0.6) is 0 Å². The smallest absolute Gasteiger partial charge is 0.335 e. The quantitative estimate of drug-likeness (QED) is 0.714. The van der Waals surface area contributed by atoms with Crippen LogP contribution in [-0.4, -0.2) is 11.1 Å². The van der Waals surface area contributed by atoms with E-state index in [-0.39, 0.29) is 5.41 Å². The molecular formula is C16H24O2. The van der Waals surface area contributed by atoms with Crippen molar-refractivity contribution < 1.29 is 9.90 Å². The van der Waals surface area contributed by atoms with E-state index < -0.39 is 5.97 Å². The molecule has 0 aliphatic rings. The minimum atomic E-state index is -0.848. The molecule has 0 aromatic heterocycles. The number of hydrogen-bond donors (Lipinski definition) is 1. The van der Waals surface area contributed by atoms with Gasteiger partial charge in [-0.3, -0.25) is 0 Å². The molecule has 0 saturated carbocycles. The van der Waals surface area contributed by atoms with E-state index in [4.69, 9.17) is 5.11 Å². The predicted molar refractivity (Wildman–Crippen MR) is 75.2 cm³/mol. The van der Waals surface area contributed by atoms with Crippen molar-refractivity contribution in [2.45, 2.75) is 58.3 Å². The summed E-state index contributed by atoms with van der Waals surface area (Å²) in [4.78, 5) is 11.0. The van der Waals surface area contributed by atoms with E-state index in [0.29, 0.717) is 5.56 Å². The second-order valence-electron chi connectivity index (χ2n) is 5.58. The zero-order chi connectivity index (χ0) is 13.6. The summed E-state index contributed by atoms with van der Waals surface area (Å²) in [5, 5.41) is 9.02. The van der Waals surface area contributed by atoms with Gasteiger partial charge in [0, 0.05) is 0 Å². The molecule has 2 nitrogen and oxygen atoms in total. The summed E-state index contributed by atoms with van der Waals surface area (Å²) in [6.45, 7) is 6.60. The molecule has 0 spiro atoms. The summed E-state index contributed by atoms with van der Waals surface area (Å²) in [6, 6.07) is 7.33. The maximum Gasteiger partial charge on any atom is 0.335 e. The van der Waals surface area contributed by atoms with Gasteiger partial charge in [0.25, 0.3) is 0 Å². The molecule has 1 N–H and O–H groups in total. The highest BCUT2D eigenvalue weighted by molar-refractivity contribution is 5.87. The van der Waals surface area contributed by atoms with Gasteiger partial charge in [-0.15, -0.1) is 0 Å². The second-order valence-corrected chi connectivity index (χ2v) is 5.58. The summed E-state index contributed by atoms with van der Waals surface area (Å²) in [5.41, 5.74) is 1.56. The molecule has 0 saturated heterocycles. The van der Waals surface area contributed by atoms with Crippen LogP contribution in [0.4, 0.5) is 0 Å². The Kier molecular flexibility index (Phi) is 5.39. The lowest BCUT2D eigenvalue weighted by Crippen LogP contribution is -2.17. The van der Waals surface area contributed by atoms with Crippen molar-refractivity contribution in [3.8, 4) is 0 Å². The second kappa shape index (κ2) is 6.58. The Balaban J connectivity index is 2.71. The van der Waals surface area contributed by atoms with Crippen molar-refractivity contribution in [3.63, 3.8) is 0 Å². The molecule has 18 heavy (non-hydrogen) atoms. The maximum absolute atomic E-state index is 11.0. The highest BCUT2D eigenvalue weighted by atomic mass is 16.4. The fraction of sp³-hybridized carbons (Fsp3) is 0.562. The molecule has 0 atom stereocenters. The minimum absolute atomic E-state index is 0.0548. The van der Waals surface area contributed by atoms with Gasteiger partial charge in [0.1, 0.15) is 0 Å². The van der Waals surface area contributed by atoms with Crippen LogP contribution in [0.2, 0.25) is 0 Å². The van der Waals surface area contributed by atoms with Crippen LogP contribution in [0.1, 0.15) is 68.8 Å². The number of hydrogen-bond acceptors (Lipinski definition) is 1. The summed E-state index contributed by atoms with van der Waals surface area (Å²) in [6.07, 6.45) is 6.10. The third kappa shape index (κ3) is 4.17. The standard InChI is InChI=1S/C16H24O2/c1-4-5-6-7-11-16(2,3)14-10-8-9-13(12-14)15(17)18/h8-10,12H,4-7,11H2,1-3H3,(H,17,18). The molecule has 1 aromatic rings. The van der Waals surface area contributed by atoms with Crippen molar-refractivity contribution in [1.29, 1.82) is 0 Å². The topological polar surface area (TPSA) is 37.3 Å². The first-order valence-electron chi connectivity index (χ1n) is 6.81. The molecule has 1 rings (SSSR count). The maximum atomic E-state index is 11.0. The largest absolute Gasteiger partial charge is 0.478 e. The summed E-state index contributed by atoms with van der Waals surface area (Å²) in [5.74, 6) is -0.848. The molecule has 0 bridgehead atoms. The number of aromatic carboxylic acids is 1. The van der Waals surface area contributed by atoms with Gasteiger partial charge in [-0.1, -0.05) is 58.6 Å². The Labute approximate surface area is 110 Å². The lowest BCUT2D eigenvalue weighted by atomic mass is 9.79. The van der Waals surface area contributed by atoms with E-state index in [0.717, 1.165) is 12.0 Å². The van der Waals surface area contributed by atoms with Crippen molar-refractivity contribution in [1.82, 2.24) is 0 Å². The molecule has 0 heterocycles. The van der Waals surface area contributed by atoms with E-state index >= 15 is 0 Å². The van der Waals surface area contributed by atoms with Gasteiger partial charge in [-0.05, 0) is 29.5 Å². The van der Waals surface area contributed by atoms with Crippen LogP contribution in [0.3, 0.4) is 0 Å². The van der Waals surface area contributed by atoms with Gasteiger partial charge in [-0.2, -0.15) is 0 Å². The van der Waals surface area contributed by atoms with Gasteiger partial charge in [-0.25, -0.2) is 4.79 Å². The average molecular weight is 248 g/mol. The normalized spacial score (nSPS) is 11.5. The monoisotopic (exact) mass is 248 g/mol. The fourth-order valence-corrected chi connectivity index (χ4v) is 2.21. The molecule has 0 amide bonds. The van der Waals surface area contributed by atoms with Gasteiger partial charge >= 0.3 is 5.97 Å². The molecule has 0 radical (unpaired) electrons. The number of benzene rings is 1. The lowest BCUT2D eigenvalue weighted by Gasteiger charge is -2.25. The fourth-order valence-electron chi connectivity index (χ4n) is 2.21. The molecular weight excluding hydrogens is 224 g/mol. The Bertz CT molecular complexity index is 394. The molecule has 0 fully saturated rings. The average Bonchev–Trinajstić information content (AvgIpc) is 2.35. The highest BCUT2D eigenvalue weighted by Crippen LogP contribution is 2.29. The van der Waals surface area contributed by atoms with E-state index in [9.17, 15) is 4.79 Å². The third-order valence-corrected chi connectivity index (χ3v) is 3.55. The number of carbonyl (C=O) groups is 1. The summed E-state index contributed by atoms with van der Waals surface area (Å²) < 4.78 is 0. The van der Waals surface area contributed by atoms with Crippen molar-refractivity contribution in [2.75, 3.05) is 0 Å². The number of rotatable bonds is 7. The van der Waals surface area contributed by atoms with E-state index in [1.165, 1.54) is 25.7 Å². The number of carboxylic acids is 1. The van der Waals surface area contributed by atoms with Crippen molar-refractivity contribution in [2.24, 2.45) is 0 Å². The highest BCUT2D eigenvalue weighted by Gasteiger charge is 2.20. The first-order valence-corrected chi connectivity index (χ1v) is 6.81. The Morgan fingerprint density at radius 3 is 2.56 bits per heavy atom. The van der Waals surface area contributed by atoms with Crippen molar-refractivity contribution >= 4 is 5.97 Å². The zero-order valence-electron chi connectivity index (χ0n) is 11.7. The SMILES string of the molecule is CCCCCCC(C)(C)c1cccc(C(=O)O)c1. The van der Waals surface area contributed by atoms with Gasteiger partial charge < -0.3 is 5.11 Å². The van der Waals surface area contributed by atoms with Crippen molar-refractivity contribution in [3.05, 3.63) is 35.4 Å². The Morgan fingerprint density at radius 2 is 1.94 bits per heavy atom. The molecule has 2 heteroatoms. The van der Waals surface area contributed by atoms with E-state index in [1.54, 1.807) is 6.07 Å². The molecule has 0 aliphatic heterocycles. The molecule has 100 valence electrons. The predicted octanol–water partition coefficient (Wildman–Crippen LogP) is 4.63. The Hall–Kier alpha value is -1.31. The molecule has 1 aromatic carbocycles. The van der Waals surface area contributed by atoms with Crippen LogP contribution < -0.4 is 0 Å². The number of carboxylic acid groups (broad SMARTS) is 1. The third-order valence-electron chi connectivity index (χ3n) is 3.55. The van der Waals surface area contributed by atoms with Crippen LogP contribution in [-0.2, 0) is 5.41 Å². The molecule has 0 aliphatic carbocycles. The van der Waals surface area contributed by atoms with Gasteiger partial charge in [0.15, 0.2) is 0 Å². The summed E-state index contributed by atoms with van der Waals surface area (Å²) in [7, 11) is 0. The molecule has 0 unspecified atom stereocenters. The lowest BCUT2D eigenvalue weighted by molar-refractivity contribution is 0.0696. The number of unbranched alkanes of at least 4 members (excludes halogenated alkanes) is 3. The first kappa shape index (κ1) is 14.7. The van der Waals surface area contributed by atoms with Gasteiger partial charge in [0.05, 0.1) is 5.56 Å². The van der Waals surface area contributed by atoms with Crippen LogP contribution in [0.25, 0.3) is 0 Å². The first-order chi connectivity index (χ1) is 8.47. The van der Waals surface area contributed by atoms with Crippen LogP contribution >= 0.6 is 0 Å². The minimum Gasteiger partial charge on any atom is -0.478 e. The summed E-state index contributed by atoms with van der Waals surface area (Å²) >= 11 is 0. The van der Waals surface area contributed by atoms with E-state index in [1.807, 2.05) is 18.2 Å². The van der Waals surface area contributed by atoms with Gasteiger partial charge in [0.2, 0.25) is 0 Å². The zero-order valence-corrected chi connectivity index (χ0v) is 11.7. The Morgan fingerprint density at radius 1 is 1.22 bits per heavy atom.